The standard InChI is InChI=1S/C21H37N5O/c1-7-17(3)27-20-12-16(2)8-9-18(20)13-23-21(22-4)24-14-19-15-25(5)10-11-26(19)6/h8-9,12,17,19H,7,10-11,13-15H2,1-6H3,(H2,22,23,24). The van der Waals surface area contributed by atoms with Crippen LogP contribution in [-0.4, -0.2) is 75.2 Å². The lowest BCUT2D eigenvalue weighted by atomic mass is 10.1. The molecular formula is C21H37N5O. The van der Waals surface area contributed by atoms with Crippen molar-refractivity contribution in [3.8, 4) is 5.75 Å². The fourth-order valence-electron chi connectivity index (χ4n) is 3.15. The molecular weight excluding hydrogens is 338 g/mol. The Morgan fingerprint density at radius 3 is 2.78 bits per heavy atom. The van der Waals surface area contributed by atoms with Gasteiger partial charge in [0.15, 0.2) is 5.96 Å². The molecule has 1 heterocycles. The minimum Gasteiger partial charge on any atom is -0.490 e. The molecule has 0 spiro atoms. The Morgan fingerprint density at radius 2 is 2.07 bits per heavy atom. The van der Waals surface area contributed by atoms with Crippen molar-refractivity contribution < 1.29 is 4.74 Å². The average molecular weight is 376 g/mol. The molecule has 0 saturated carbocycles. The number of hydrogen-bond acceptors (Lipinski definition) is 4. The topological polar surface area (TPSA) is 52.1 Å². The van der Waals surface area contributed by atoms with Gasteiger partial charge < -0.3 is 20.3 Å². The van der Waals surface area contributed by atoms with E-state index in [1.54, 1.807) is 0 Å². The molecule has 1 saturated heterocycles. The third kappa shape index (κ3) is 6.70. The molecule has 152 valence electrons. The summed E-state index contributed by atoms with van der Waals surface area (Å²) in [5.74, 6) is 1.78. The Hall–Kier alpha value is -1.79. The molecule has 1 aliphatic heterocycles. The number of piperazine rings is 1. The summed E-state index contributed by atoms with van der Waals surface area (Å²) in [6.07, 6.45) is 1.20. The van der Waals surface area contributed by atoms with Crippen LogP contribution >= 0.6 is 0 Å². The normalized spacial score (nSPS) is 20.4. The van der Waals surface area contributed by atoms with Crippen molar-refractivity contribution >= 4 is 5.96 Å². The first-order valence-corrected chi connectivity index (χ1v) is 10.0. The molecule has 6 nitrogen and oxygen atoms in total. The molecule has 1 aromatic carbocycles. The summed E-state index contributed by atoms with van der Waals surface area (Å²) in [7, 11) is 6.20. The van der Waals surface area contributed by atoms with Gasteiger partial charge in [-0.2, -0.15) is 0 Å². The number of guanidine groups is 1. The van der Waals surface area contributed by atoms with E-state index in [1.807, 2.05) is 7.05 Å². The van der Waals surface area contributed by atoms with Gasteiger partial charge in [0, 0.05) is 51.4 Å². The molecule has 6 heteroatoms. The van der Waals surface area contributed by atoms with Gasteiger partial charge in [-0.1, -0.05) is 19.1 Å². The summed E-state index contributed by atoms with van der Waals surface area (Å²) in [4.78, 5) is 9.17. The highest BCUT2D eigenvalue weighted by Crippen LogP contribution is 2.22. The van der Waals surface area contributed by atoms with Gasteiger partial charge in [0.05, 0.1) is 6.10 Å². The fourth-order valence-corrected chi connectivity index (χ4v) is 3.15. The van der Waals surface area contributed by atoms with E-state index >= 15 is 0 Å². The van der Waals surface area contributed by atoms with Gasteiger partial charge in [-0.05, 0) is 46.0 Å². The first-order valence-electron chi connectivity index (χ1n) is 10.0. The van der Waals surface area contributed by atoms with Crippen molar-refractivity contribution in [3.05, 3.63) is 29.3 Å². The van der Waals surface area contributed by atoms with E-state index in [2.05, 4.69) is 78.5 Å². The van der Waals surface area contributed by atoms with Gasteiger partial charge in [0.1, 0.15) is 5.75 Å². The average Bonchev–Trinajstić information content (AvgIpc) is 2.65. The second-order valence-corrected chi connectivity index (χ2v) is 7.65. The van der Waals surface area contributed by atoms with Crippen molar-refractivity contribution in [2.45, 2.75) is 45.9 Å². The van der Waals surface area contributed by atoms with Crippen LogP contribution in [0.15, 0.2) is 23.2 Å². The molecule has 1 fully saturated rings. The van der Waals surface area contributed by atoms with Gasteiger partial charge in [-0.3, -0.25) is 9.89 Å². The maximum absolute atomic E-state index is 6.11. The number of aryl methyl sites for hydroxylation is 1. The van der Waals surface area contributed by atoms with Gasteiger partial charge in [0.25, 0.3) is 0 Å². The minimum absolute atomic E-state index is 0.210. The van der Waals surface area contributed by atoms with Crippen LogP contribution in [0.2, 0.25) is 0 Å². The maximum Gasteiger partial charge on any atom is 0.191 e. The first kappa shape index (κ1) is 21.5. The molecule has 0 aromatic heterocycles. The summed E-state index contributed by atoms with van der Waals surface area (Å²) < 4.78 is 6.11. The Bertz CT molecular complexity index is 619. The zero-order valence-corrected chi connectivity index (χ0v) is 17.9. The second-order valence-electron chi connectivity index (χ2n) is 7.65. The zero-order valence-electron chi connectivity index (χ0n) is 17.9. The molecule has 2 N–H and O–H groups in total. The van der Waals surface area contributed by atoms with Crippen LogP contribution in [0.3, 0.4) is 0 Å². The lowest BCUT2D eigenvalue weighted by Crippen LogP contribution is -2.55. The van der Waals surface area contributed by atoms with Crippen LogP contribution < -0.4 is 15.4 Å². The van der Waals surface area contributed by atoms with Crippen molar-refractivity contribution in [1.29, 1.82) is 0 Å². The molecule has 27 heavy (non-hydrogen) atoms. The number of ether oxygens (including phenoxy) is 1. The first-order chi connectivity index (χ1) is 12.9. The van der Waals surface area contributed by atoms with Gasteiger partial charge in [-0.25, -0.2) is 0 Å². The van der Waals surface area contributed by atoms with E-state index in [0.717, 1.165) is 49.9 Å². The zero-order chi connectivity index (χ0) is 19.8. The molecule has 0 radical (unpaired) electrons. The summed E-state index contributed by atoms with van der Waals surface area (Å²) in [5.41, 5.74) is 2.36. The van der Waals surface area contributed by atoms with Crippen LogP contribution in [0.4, 0.5) is 0 Å². The van der Waals surface area contributed by atoms with Gasteiger partial charge >= 0.3 is 0 Å². The van der Waals surface area contributed by atoms with E-state index in [9.17, 15) is 0 Å². The molecule has 0 bridgehead atoms. The molecule has 2 rings (SSSR count). The van der Waals surface area contributed by atoms with Crippen LogP contribution in [0.5, 0.6) is 5.75 Å². The number of nitrogens with one attached hydrogen (secondary N) is 2. The van der Waals surface area contributed by atoms with E-state index in [1.165, 1.54) is 5.56 Å². The summed E-state index contributed by atoms with van der Waals surface area (Å²) in [6.45, 7) is 11.2. The summed E-state index contributed by atoms with van der Waals surface area (Å²) >= 11 is 0. The quantitative estimate of drug-likeness (QED) is 0.565. The number of likely N-dealkylation sites (N-methyl/N-ethyl adjacent to an activating group) is 2. The molecule has 1 aromatic rings. The number of nitrogens with zero attached hydrogens (tertiary/aromatic N) is 3. The predicted molar refractivity (Wildman–Crippen MR) is 114 cm³/mol. The van der Waals surface area contributed by atoms with E-state index in [-0.39, 0.29) is 6.10 Å². The van der Waals surface area contributed by atoms with E-state index in [0.29, 0.717) is 12.6 Å². The van der Waals surface area contributed by atoms with Gasteiger partial charge in [-0.15, -0.1) is 0 Å². The van der Waals surface area contributed by atoms with Crippen LogP contribution in [0, 0.1) is 6.92 Å². The van der Waals surface area contributed by atoms with E-state index in [4.69, 9.17) is 4.74 Å². The third-order valence-corrected chi connectivity index (χ3v) is 5.28. The fraction of sp³-hybridized carbons (Fsp3) is 0.667. The van der Waals surface area contributed by atoms with Crippen LogP contribution in [0.1, 0.15) is 31.4 Å². The number of benzene rings is 1. The Balaban J connectivity index is 1.92. The molecule has 0 aliphatic carbocycles. The number of aliphatic imine (C=N–C) groups is 1. The molecule has 1 aliphatic rings. The van der Waals surface area contributed by atoms with Crippen LogP contribution in [0.25, 0.3) is 0 Å². The van der Waals surface area contributed by atoms with Crippen LogP contribution in [-0.2, 0) is 6.54 Å². The Kier molecular flexibility index (Phi) is 8.38. The summed E-state index contributed by atoms with van der Waals surface area (Å²) in [6, 6.07) is 6.87. The smallest absolute Gasteiger partial charge is 0.191 e. The lowest BCUT2D eigenvalue weighted by Gasteiger charge is -2.37. The van der Waals surface area contributed by atoms with E-state index < -0.39 is 0 Å². The number of rotatable bonds is 7. The minimum atomic E-state index is 0.210. The largest absolute Gasteiger partial charge is 0.490 e. The molecule has 0 amide bonds. The number of hydrogen-bond donors (Lipinski definition) is 2. The molecule has 2 unspecified atom stereocenters. The summed E-state index contributed by atoms with van der Waals surface area (Å²) in [5, 5.41) is 6.90. The van der Waals surface area contributed by atoms with Crippen molar-refractivity contribution in [2.24, 2.45) is 4.99 Å². The predicted octanol–water partition coefficient (Wildman–Crippen LogP) is 2.08. The SMILES string of the molecule is CCC(C)Oc1cc(C)ccc1CNC(=NC)NCC1CN(C)CCN1C. The highest BCUT2D eigenvalue weighted by Gasteiger charge is 2.22. The third-order valence-electron chi connectivity index (χ3n) is 5.28. The highest BCUT2D eigenvalue weighted by molar-refractivity contribution is 5.79. The Morgan fingerprint density at radius 1 is 1.30 bits per heavy atom. The van der Waals surface area contributed by atoms with Crippen molar-refractivity contribution in [3.63, 3.8) is 0 Å². The maximum atomic E-state index is 6.11. The second kappa shape index (κ2) is 10.5. The van der Waals surface area contributed by atoms with Gasteiger partial charge in [0.2, 0.25) is 0 Å². The van der Waals surface area contributed by atoms with Crippen molar-refractivity contribution in [1.82, 2.24) is 20.4 Å². The highest BCUT2D eigenvalue weighted by atomic mass is 16.5. The Labute approximate surface area is 165 Å². The molecule has 2 atom stereocenters. The monoisotopic (exact) mass is 375 g/mol. The van der Waals surface area contributed by atoms with Crippen molar-refractivity contribution in [2.75, 3.05) is 47.3 Å². The lowest BCUT2D eigenvalue weighted by molar-refractivity contribution is 0.116.